The summed E-state index contributed by atoms with van der Waals surface area (Å²) < 4.78 is 6.28. The number of ether oxygens (including phenoxy) is 1. The van der Waals surface area contributed by atoms with Crippen LogP contribution in [-0.4, -0.2) is 22.6 Å². The van der Waals surface area contributed by atoms with Gasteiger partial charge in [0.2, 0.25) is 5.91 Å². The van der Waals surface area contributed by atoms with Crippen molar-refractivity contribution in [2.24, 2.45) is 0 Å². The van der Waals surface area contributed by atoms with Gasteiger partial charge in [0.15, 0.2) is 0 Å². The fraction of sp³-hybridized carbons (Fsp3) is 0.190. The fourth-order valence-electron chi connectivity index (χ4n) is 2.35. The van der Waals surface area contributed by atoms with Gasteiger partial charge in [-0.25, -0.2) is 9.78 Å². The van der Waals surface area contributed by atoms with Crippen molar-refractivity contribution in [3.05, 3.63) is 59.6 Å². The molecule has 0 radical (unpaired) electrons. The summed E-state index contributed by atoms with van der Waals surface area (Å²) >= 11 is 1.53. The second kappa shape index (κ2) is 8.22. The van der Waals surface area contributed by atoms with Crippen LogP contribution < -0.4 is 10.6 Å². The number of aromatic nitrogens is 1. The molecule has 2 N–H and O–H groups in total. The number of amides is 2. The summed E-state index contributed by atoms with van der Waals surface area (Å²) in [6.45, 7) is 5.40. The summed E-state index contributed by atoms with van der Waals surface area (Å²) in [6, 6.07) is 14.6. The second-order valence-corrected chi connectivity index (χ2v) is 8.11. The lowest BCUT2D eigenvalue weighted by Gasteiger charge is -2.19. The Bertz CT molecular complexity index is 984. The number of carbonyl (C=O) groups excluding carboxylic acids is 2. The molecule has 0 spiro atoms. The van der Waals surface area contributed by atoms with E-state index >= 15 is 0 Å². The van der Waals surface area contributed by atoms with Crippen LogP contribution in [0.25, 0.3) is 16.3 Å². The summed E-state index contributed by atoms with van der Waals surface area (Å²) in [6.07, 6.45) is 2.62. The minimum Gasteiger partial charge on any atom is -0.444 e. The van der Waals surface area contributed by atoms with Crippen LogP contribution in [0.2, 0.25) is 0 Å². The van der Waals surface area contributed by atoms with Crippen LogP contribution in [0, 0.1) is 0 Å². The van der Waals surface area contributed by atoms with Crippen LogP contribution in [0.4, 0.5) is 16.2 Å². The number of rotatable bonds is 4. The van der Waals surface area contributed by atoms with E-state index in [-0.39, 0.29) is 5.91 Å². The normalized spacial score (nSPS) is 11.5. The molecule has 1 heterocycles. The average molecular weight is 395 g/mol. The number of thiazole rings is 1. The van der Waals surface area contributed by atoms with Gasteiger partial charge in [0.25, 0.3) is 0 Å². The lowest BCUT2D eigenvalue weighted by molar-refractivity contribution is -0.111. The largest absolute Gasteiger partial charge is 0.444 e. The molecule has 0 aliphatic carbocycles. The molecule has 2 amide bonds. The van der Waals surface area contributed by atoms with Gasteiger partial charge >= 0.3 is 6.09 Å². The van der Waals surface area contributed by atoms with E-state index in [4.69, 9.17) is 4.74 Å². The van der Waals surface area contributed by atoms with E-state index in [9.17, 15) is 9.59 Å². The second-order valence-electron chi connectivity index (χ2n) is 7.05. The Morgan fingerprint density at radius 1 is 1.00 bits per heavy atom. The molecule has 1 aromatic heterocycles. The van der Waals surface area contributed by atoms with Crippen LogP contribution >= 0.6 is 11.3 Å². The number of fused-ring (bicyclic) bond motifs is 1. The maximum absolute atomic E-state index is 12.1. The van der Waals surface area contributed by atoms with Crippen molar-refractivity contribution in [1.29, 1.82) is 0 Å². The van der Waals surface area contributed by atoms with E-state index in [0.29, 0.717) is 11.4 Å². The molecule has 3 aromatic rings. The summed E-state index contributed by atoms with van der Waals surface area (Å²) in [4.78, 5) is 28.3. The van der Waals surface area contributed by atoms with Crippen LogP contribution in [-0.2, 0) is 9.53 Å². The van der Waals surface area contributed by atoms with E-state index < -0.39 is 11.7 Å². The summed E-state index contributed by atoms with van der Waals surface area (Å²) in [7, 11) is 0. The third-order valence-corrected chi connectivity index (χ3v) is 4.49. The molecular formula is C21H21N3O3S. The van der Waals surface area contributed by atoms with Gasteiger partial charge in [-0.3, -0.25) is 10.1 Å². The Morgan fingerprint density at radius 2 is 1.64 bits per heavy atom. The molecule has 0 aliphatic rings. The van der Waals surface area contributed by atoms with E-state index in [1.165, 1.54) is 17.4 Å². The third kappa shape index (κ3) is 5.65. The van der Waals surface area contributed by atoms with Crippen LogP contribution in [0.15, 0.2) is 54.6 Å². The number of benzene rings is 2. The van der Waals surface area contributed by atoms with Crippen molar-refractivity contribution in [1.82, 2.24) is 4.98 Å². The molecule has 0 saturated heterocycles. The van der Waals surface area contributed by atoms with Crippen molar-refractivity contribution in [3.8, 4) is 0 Å². The van der Waals surface area contributed by atoms with E-state index in [0.717, 1.165) is 15.2 Å². The zero-order valence-electron chi connectivity index (χ0n) is 15.9. The number of anilines is 2. The summed E-state index contributed by atoms with van der Waals surface area (Å²) in [5, 5.41) is 6.19. The van der Waals surface area contributed by atoms with Gasteiger partial charge < -0.3 is 10.1 Å². The standard InChI is InChI=1S/C21H21N3O3S/c1-21(2,3)27-20(26)23-15-10-8-14(9-11-15)22-18(25)12-13-19-24-16-6-4-5-7-17(16)28-19/h4-13H,1-3H3,(H,22,25)(H,23,26)/b13-12+. The molecule has 0 unspecified atom stereocenters. The summed E-state index contributed by atoms with van der Waals surface area (Å²) in [5.74, 6) is -0.257. The van der Waals surface area contributed by atoms with Crippen molar-refractivity contribution < 1.29 is 14.3 Å². The van der Waals surface area contributed by atoms with E-state index in [2.05, 4.69) is 15.6 Å². The smallest absolute Gasteiger partial charge is 0.412 e. The minimum atomic E-state index is -0.562. The van der Waals surface area contributed by atoms with E-state index in [1.54, 1.807) is 51.1 Å². The molecule has 3 rings (SSSR count). The predicted octanol–water partition coefficient (Wildman–Crippen LogP) is 5.30. The minimum absolute atomic E-state index is 0.257. The SMILES string of the molecule is CC(C)(C)OC(=O)Nc1ccc(NC(=O)/C=C/c2nc3ccccc3s2)cc1. The molecule has 28 heavy (non-hydrogen) atoms. The molecule has 0 saturated carbocycles. The Balaban J connectivity index is 1.56. The first kappa shape index (κ1) is 19.6. The predicted molar refractivity (Wildman–Crippen MR) is 114 cm³/mol. The topological polar surface area (TPSA) is 80.3 Å². The van der Waals surface area contributed by atoms with Gasteiger partial charge in [-0.05, 0) is 63.2 Å². The van der Waals surface area contributed by atoms with Crippen molar-refractivity contribution in [2.45, 2.75) is 26.4 Å². The maximum Gasteiger partial charge on any atom is 0.412 e. The molecule has 0 atom stereocenters. The van der Waals surface area contributed by atoms with Gasteiger partial charge in [0.05, 0.1) is 10.2 Å². The number of hydrogen-bond acceptors (Lipinski definition) is 5. The molecule has 144 valence electrons. The Morgan fingerprint density at radius 3 is 2.29 bits per heavy atom. The first-order chi connectivity index (χ1) is 13.3. The molecule has 0 aliphatic heterocycles. The van der Waals surface area contributed by atoms with Gasteiger partial charge in [0, 0.05) is 17.5 Å². The molecule has 0 bridgehead atoms. The highest BCUT2D eigenvalue weighted by Gasteiger charge is 2.16. The van der Waals surface area contributed by atoms with Crippen LogP contribution in [0.3, 0.4) is 0 Å². The number of nitrogens with zero attached hydrogens (tertiary/aromatic N) is 1. The highest BCUT2D eigenvalue weighted by molar-refractivity contribution is 7.19. The molecule has 7 heteroatoms. The lowest BCUT2D eigenvalue weighted by atomic mass is 10.2. The number of carbonyl (C=O) groups is 2. The van der Waals surface area contributed by atoms with Gasteiger partial charge in [-0.15, -0.1) is 11.3 Å². The van der Waals surface area contributed by atoms with Gasteiger partial charge in [0.1, 0.15) is 10.6 Å². The number of para-hydroxylation sites is 1. The molecule has 2 aromatic carbocycles. The Hall–Kier alpha value is -3.19. The molecule has 6 nitrogen and oxygen atoms in total. The van der Waals surface area contributed by atoms with E-state index in [1.807, 2.05) is 24.3 Å². The van der Waals surface area contributed by atoms with Crippen LogP contribution in [0.5, 0.6) is 0 Å². The fourth-order valence-corrected chi connectivity index (χ4v) is 3.22. The lowest BCUT2D eigenvalue weighted by Crippen LogP contribution is -2.27. The molecular weight excluding hydrogens is 374 g/mol. The number of nitrogens with one attached hydrogen (secondary N) is 2. The third-order valence-electron chi connectivity index (χ3n) is 3.49. The van der Waals surface area contributed by atoms with Crippen LogP contribution in [0.1, 0.15) is 25.8 Å². The molecule has 0 fully saturated rings. The first-order valence-corrected chi connectivity index (χ1v) is 9.55. The van der Waals surface area contributed by atoms with Crippen molar-refractivity contribution in [3.63, 3.8) is 0 Å². The Kier molecular flexibility index (Phi) is 5.75. The Labute approximate surface area is 167 Å². The van der Waals surface area contributed by atoms with Crippen molar-refractivity contribution in [2.75, 3.05) is 10.6 Å². The zero-order valence-corrected chi connectivity index (χ0v) is 16.7. The van der Waals surface area contributed by atoms with Gasteiger partial charge in [-0.1, -0.05) is 12.1 Å². The number of hydrogen-bond donors (Lipinski definition) is 2. The highest BCUT2D eigenvalue weighted by atomic mass is 32.1. The zero-order chi connectivity index (χ0) is 20.1. The maximum atomic E-state index is 12.1. The quantitative estimate of drug-likeness (QED) is 0.588. The monoisotopic (exact) mass is 395 g/mol. The van der Waals surface area contributed by atoms with Gasteiger partial charge in [-0.2, -0.15) is 0 Å². The first-order valence-electron chi connectivity index (χ1n) is 8.73. The highest BCUT2D eigenvalue weighted by Crippen LogP contribution is 2.22. The van der Waals surface area contributed by atoms with Crippen molar-refractivity contribution >= 4 is 51.0 Å². The summed E-state index contributed by atoms with van der Waals surface area (Å²) in [5.41, 5.74) is 1.56. The average Bonchev–Trinajstić information content (AvgIpc) is 3.03.